The number of halogens is 4. The topological polar surface area (TPSA) is 240 Å². The highest BCUT2D eigenvalue weighted by molar-refractivity contribution is 5.93. The van der Waals surface area contributed by atoms with E-state index in [1.54, 1.807) is 0 Å². The first-order valence-electron chi connectivity index (χ1n) is 28.5. The van der Waals surface area contributed by atoms with Crippen LogP contribution in [0.25, 0.3) is 0 Å². The van der Waals surface area contributed by atoms with Crippen LogP contribution in [0.1, 0.15) is 233 Å². The quantitative estimate of drug-likeness (QED) is 0.0321. The SMILES string of the molecule is CCCCC(=O)[C@H](OCCCCCCCCC[NH3+])[C@@H](OCCCCCCCCC[NH3+])C(=O)NCCC.CCCCC(=O)[C@H](OCCCCCCC[NH3+])[C@@H](OCCCCCCC[NH3+])C(=O)NCCC.[Cl-].[Cl-].[Cl-].[Cl-]. The average molecular weight is 1120 g/mol. The molecule has 2 amide bonds. The Morgan fingerprint density at radius 2 is 0.542 bits per heavy atom. The van der Waals surface area contributed by atoms with Gasteiger partial charge in [0, 0.05) is 52.4 Å². The molecule has 0 aromatic heterocycles. The number of unbranched alkanes of at least 4 members (excludes halogenated alkanes) is 22. The molecular weight excluding hydrogens is 1000 g/mol. The molecule has 18 heteroatoms. The molecule has 0 unspecified atom stereocenters. The fourth-order valence-corrected chi connectivity index (χ4v) is 7.77. The Labute approximate surface area is 465 Å². The highest BCUT2D eigenvalue weighted by Gasteiger charge is 2.36. The highest BCUT2D eigenvalue weighted by atomic mass is 35.5. The normalized spacial score (nSPS) is 12.3. The van der Waals surface area contributed by atoms with Gasteiger partial charge in [0.05, 0.1) is 26.2 Å². The molecule has 0 fully saturated rings. The Bertz CT molecular complexity index is 1060. The van der Waals surface area contributed by atoms with Gasteiger partial charge in [0.1, 0.15) is 0 Å². The molecular formula is C54H114Cl4N6O8. The molecule has 436 valence electrons. The Kier molecular flexibility index (Phi) is 75.9. The summed E-state index contributed by atoms with van der Waals surface area (Å²) < 4.78 is 24.2. The molecule has 0 heterocycles. The lowest BCUT2D eigenvalue weighted by Gasteiger charge is -2.26. The summed E-state index contributed by atoms with van der Waals surface area (Å²) >= 11 is 0. The summed E-state index contributed by atoms with van der Waals surface area (Å²) in [4.78, 5) is 51.8. The minimum atomic E-state index is -0.864. The molecule has 0 aliphatic heterocycles. The van der Waals surface area contributed by atoms with Crippen LogP contribution in [0.5, 0.6) is 0 Å². The average Bonchev–Trinajstić information content (AvgIpc) is 3.34. The molecule has 14 nitrogen and oxygen atoms in total. The van der Waals surface area contributed by atoms with Crippen LogP contribution in [0.4, 0.5) is 0 Å². The van der Waals surface area contributed by atoms with Crippen molar-refractivity contribution in [2.45, 2.75) is 258 Å². The summed E-state index contributed by atoms with van der Waals surface area (Å²) in [7, 11) is 0. The number of amides is 2. The van der Waals surface area contributed by atoms with E-state index in [9.17, 15) is 19.2 Å². The number of rotatable bonds is 52. The maximum atomic E-state index is 13.1. The van der Waals surface area contributed by atoms with Crippen LogP contribution in [0.2, 0.25) is 0 Å². The van der Waals surface area contributed by atoms with Crippen LogP contribution in [-0.4, -0.2) is 113 Å². The Balaban J connectivity index is -0.000000288. The van der Waals surface area contributed by atoms with E-state index in [-0.39, 0.29) is 73.0 Å². The van der Waals surface area contributed by atoms with Gasteiger partial charge < -0.3 is 102 Å². The predicted octanol–water partition coefficient (Wildman–Crippen LogP) is -5.57. The Hall–Kier alpha value is -0.880. The number of quaternary nitrogens is 4. The minimum absolute atomic E-state index is 0. The monoisotopic (exact) mass is 1110 g/mol. The van der Waals surface area contributed by atoms with Crippen molar-refractivity contribution in [3.8, 4) is 0 Å². The van der Waals surface area contributed by atoms with Gasteiger partial charge in [0.25, 0.3) is 11.8 Å². The van der Waals surface area contributed by atoms with Crippen LogP contribution >= 0.6 is 0 Å². The van der Waals surface area contributed by atoms with Gasteiger partial charge >= 0.3 is 0 Å². The van der Waals surface area contributed by atoms with E-state index in [2.05, 4.69) is 47.4 Å². The number of hydrogen-bond donors (Lipinski definition) is 6. The molecule has 0 radical (unpaired) electrons. The van der Waals surface area contributed by atoms with Gasteiger partial charge in [0.2, 0.25) is 0 Å². The second-order valence-corrected chi connectivity index (χ2v) is 18.8. The van der Waals surface area contributed by atoms with Crippen molar-refractivity contribution in [1.29, 1.82) is 0 Å². The summed E-state index contributed by atoms with van der Waals surface area (Å²) in [6.07, 6.45) is 29.8. The first-order valence-corrected chi connectivity index (χ1v) is 28.5. The van der Waals surface area contributed by atoms with Gasteiger partial charge in [-0.1, -0.05) is 118 Å². The first kappa shape index (κ1) is 82.5. The minimum Gasteiger partial charge on any atom is -1.00 e. The molecule has 0 rings (SSSR count). The van der Waals surface area contributed by atoms with Gasteiger partial charge in [-0.15, -0.1) is 0 Å². The van der Waals surface area contributed by atoms with E-state index in [1.807, 2.05) is 13.8 Å². The van der Waals surface area contributed by atoms with Crippen molar-refractivity contribution in [1.82, 2.24) is 10.6 Å². The third kappa shape index (κ3) is 51.2. The molecule has 0 aromatic rings. The lowest BCUT2D eigenvalue weighted by Crippen LogP contribution is -3.00. The van der Waals surface area contributed by atoms with Crippen LogP contribution in [0.15, 0.2) is 0 Å². The fourth-order valence-electron chi connectivity index (χ4n) is 7.77. The lowest BCUT2D eigenvalue weighted by molar-refractivity contribution is -0.368. The zero-order chi connectivity index (χ0) is 50.6. The molecule has 0 saturated heterocycles. The Morgan fingerprint density at radius 1 is 0.319 bits per heavy atom. The highest BCUT2D eigenvalue weighted by Crippen LogP contribution is 2.17. The van der Waals surface area contributed by atoms with Gasteiger partial charge in [-0.2, -0.15) is 0 Å². The van der Waals surface area contributed by atoms with Crippen molar-refractivity contribution in [3.63, 3.8) is 0 Å². The van der Waals surface area contributed by atoms with E-state index >= 15 is 0 Å². The Morgan fingerprint density at radius 3 is 0.764 bits per heavy atom. The number of carbonyl (C=O) groups excluding carboxylic acids is 4. The molecule has 0 aliphatic carbocycles. The maximum Gasteiger partial charge on any atom is 0.252 e. The number of ketones is 2. The van der Waals surface area contributed by atoms with E-state index in [4.69, 9.17) is 18.9 Å². The zero-order valence-electron chi connectivity index (χ0n) is 46.6. The third-order valence-corrected chi connectivity index (χ3v) is 12.1. The summed E-state index contributed by atoms with van der Waals surface area (Å²) in [5, 5.41) is 5.84. The first-order chi connectivity index (χ1) is 33.2. The van der Waals surface area contributed by atoms with E-state index < -0.39 is 24.4 Å². The number of Topliss-reactive ketones (excluding diaryl/α,β-unsaturated/α-hetero) is 2. The van der Waals surface area contributed by atoms with Crippen molar-refractivity contribution in [2.75, 3.05) is 65.7 Å². The molecule has 0 saturated carbocycles. The van der Waals surface area contributed by atoms with Gasteiger partial charge in [-0.3, -0.25) is 19.2 Å². The van der Waals surface area contributed by atoms with Crippen LogP contribution in [0, 0.1) is 0 Å². The van der Waals surface area contributed by atoms with Gasteiger partial charge in [0.15, 0.2) is 36.0 Å². The summed E-state index contributed by atoms with van der Waals surface area (Å²) in [6, 6.07) is 0. The molecule has 0 bridgehead atoms. The van der Waals surface area contributed by atoms with E-state index in [0.29, 0.717) is 52.4 Å². The standard InChI is InChI=1S/C29H59N3O4.C25H51N3O4.4ClH/c1-3-5-20-26(33)27(35-24-18-14-10-6-8-12-16-21-30)28(29(34)32-23-4-2)36-25-19-15-11-7-9-13-17-22-31;1-3-5-16-22(29)23(31-20-14-10-6-8-12-17-26)24(25(30)28-19-4-2)32-21-15-11-7-9-13-18-27;;;;/h27-28H,3-25,30-31H2,1-2H3,(H,32,34);23-24H,3-21,26-27H2,1-2H3,(H,28,30);4*1H/t27-,28+;23-,24+;;;;/m00..../s1. The van der Waals surface area contributed by atoms with Crippen molar-refractivity contribution < 1.29 is 111 Å². The van der Waals surface area contributed by atoms with Crippen LogP contribution in [-0.2, 0) is 38.1 Å². The van der Waals surface area contributed by atoms with Crippen molar-refractivity contribution in [2.24, 2.45) is 0 Å². The maximum absolute atomic E-state index is 13.1. The second kappa shape index (κ2) is 66.2. The van der Waals surface area contributed by atoms with Crippen molar-refractivity contribution >= 4 is 23.4 Å². The second-order valence-electron chi connectivity index (χ2n) is 18.8. The fraction of sp³-hybridized carbons (Fsp3) is 0.926. The molecule has 14 N–H and O–H groups in total. The molecule has 0 aliphatic rings. The largest absolute Gasteiger partial charge is 1.00 e. The summed E-state index contributed by atoms with van der Waals surface area (Å²) in [5.74, 6) is -0.470. The molecule has 0 spiro atoms. The third-order valence-electron chi connectivity index (χ3n) is 12.1. The number of ether oxygens (including phenoxy) is 4. The van der Waals surface area contributed by atoms with E-state index in [0.717, 1.165) is 142 Å². The molecule has 4 atom stereocenters. The van der Waals surface area contributed by atoms with Gasteiger partial charge in [-0.05, 0) is 103 Å². The molecule has 0 aromatic carbocycles. The lowest BCUT2D eigenvalue weighted by atomic mass is 10.0. The number of nitrogens with one attached hydrogen (secondary N) is 2. The summed E-state index contributed by atoms with van der Waals surface area (Å²) in [6.45, 7) is 15.3. The van der Waals surface area contributed by atoms with Gasteiger partial charge in [-0.25, -0.2) is 0 Å². The van der Waals surface area contributed by atoms with Crippen LogP contribution < -0.4 is 83.2 Å². The number of hydrogen-bond acceptors (Lipinski definition) is 8. The van der Waals surface area contributed by atoms with Crippen LogP contribution in [0.3, 0.4) is 0 Å². The predicted molar refractivity (Wildman–Crippen MR) is 276 cm³/mol. The van der Waals surface area contributed by atoms with Crippen molar-refractivity contribution in [3.05, 3.63) is 0 Å². The smallest absolute Gasteiger partial charge is 0.252 e. The number of carbonyl (C=O) groups is 4. The molecule has 72 heavy (non-hydrogen) atoms. The zero-order valence-corrected chi connectivity index (χ0v) is 49.6. The van der Waals surface area contributed by atoms with E-state index in [1.165, 1.54) is 77.0 Å². The summed E-state index contributed by atoms with van der Waals surface area (Å²) in [5.41, 5.74) is 15.5.